The van der Waals surface area contributed by atoms with E-state index in [1.165, 1.54) is 23.6 Å². The number of aliphatic hydroxyl groups excluding tert-OH is 2. The number of carbonyl (C=O) groups excluding carboxylic acids is 4. The van der Waals surface area contributed by atoms with Gasteiger partial charge in [-0.1, -0.05) is 0 Å². The van der Waals surface area contributed by atoms with Gasteiger partial charge in [0.25, 0.3) is 0 Å². The van der Waals surface area contributed by atoms with Gasteiger partial charge in [0.15, 0.2) is 0 Å². The molecule has 0 spiro atoms. The van der Waals surface area contributed by atoms with Crippen LogP contribution in [0.25, 0.3) is 0 Å². The molecular weight excluding hydrogens is 382 g/mol. The average Bonchev–Trinajstić information content (AvgIpc) is 3.32. The molecule has 6 atom stereocenters. The Morgan fingerprint density at radius 1 is 1.07 bits per heavy atom. The lowest BCUT2D eigenvalue weighted by molar-refractivity contribution is -0.145. The minimum absolute atomic E-state index is 0.150. The summed E-state index contributed by atoms with van der Waals surface area (Å²) < 4.78 is 0. The topological polar surface area (TPSA) is 179 Å². The zero-order valence-electron chi connectivity index (χ0n) is 16.8. The van der Waals surface area contributed by atoms with Crippen LogP contribution in [0.5, 0.6) is 0 Å². The number of nitrogens with two attached hydrogens (primary N) is 2. The number of hydrogen-bond donors (Lipinski definition) is 5. The van der Waals surface area contributed by atoms with Crippen LogP contribution in [-0.4, -0.2) is 93.6 Å². The standard InChI is InChI=1S/C18H31N5O6/c1-9(24)13(19)18(29)23-6-3-4-12(23)17(28)22-7-5-11(8-22)16(27)21-14(10(2)25)15(20)26/h9-14,24-25H,3-8,19H2,1-2H3,(H2,20,26)(H,21,27)/t9?,10-,11+,12-,13+,14+/m1/s1. The van der Waals surface area contributed by atoms with Gasteiger partial charge in [0.05, 0.1) is 18.1 Å². The van der Waals surface area contributed by atoms with E-state index < -0.39 is 54.0 Å². The minimum Gasteiger partial charge on any atom is -0.391 e. The second-order valence-corrected chi connectivity index (χ2v) is 7.86. The fraction of sp³-hybridized carbons (Fsp3) is 0.778. The van der Waals surface area contributed by atoms with Crippen LogP contribution in [0.3, 0.4) is 0 Å². The van der Waals surface area contributed by atoms with E-state index in [0.717, 1.165) is 0 Å². The summed E-state index contributed by atoms with van der Waals surface area (Å²) >= 11 is 0. The van der Waals surface area contributed by atoms with Gasteiger partial charge in [0.2, 0.25) is 23.6 Å². The largest absolute Gasteiger partial charge is 0.391 e. The van der Waals surface area contributed by atoms with Crippen molar-refractivity contribution in [1.29, 1.82) is 0 Å². The molecule has 2 aliphatic heterocycles. The number of aliphatic hydroxyl groups is 2. The molecule has 29 heavy (non-hydrogen) atoms. The molecule has 0 aromatic carbocycles. The zero-order chi connectivity index (χ0) is 21.9. The second-order valence-electron chi connectivity index (χ2n) is 7.86. The summed E-state index contributed by atoms with van der Waals surface area (Å²) in [6.45, 7) is 3.66. The van der Waals surface area contributed by atoms with E-state index in [1.807, 2.05) is 0 Å². The zero-order valence-corrected chi connectivity index (χ0v) is 16.8. The first-order valence-electron chi connectivity index (χ1n) is 9.85. The number of primary amides is 1. The Balaban J connectivity index is 1.98. The van der Waals surface area contributed by atoms with Crippen LogP contribution in [-0.2, 0) is 19.2 Å². The van der Waals surface area contributed by atoms with Crippen LogP contribution >= 0.6 is 0 Å². The van der Waals surface area contributed by atoms with Crippen LogP contribution in [0.4, 0.5) is 0 Å². The van der Waals surface area contributed by atoms with Crippen molar-refractivity contribution in [2.75, 3.05) is 19.6 Å². The SMILES string of the molecule is CC(O)[C@H](N)C(=O)N1CCC[C@@H]1C(=O)N1CC[C@H](C(=O)N[C@H](C(N)=O)[C@@H](C)O)C1. The molecule has 2 heterocycles. The summed E-state index contributed by atoms with van der Waals surface area (Å²) in [5.41, 5.74) is 10.9. The van der Waals surface area contributed by atoms with Crippen LogP contribution < -0.4 is 16.8 Å². The average molecular weight is 413 g/mol. The third-order valence-electron chi connectivity index (χ3n) is 5.58. The summed E-state index contributed by atoms with van der Waals surface area (Å²) in [5.74, 6) is -2.56. The molecule has 0 aliphatic carbocycles. The first-order chi connectivity index (χ1) is 13.5. The molecule has 164 valence electrons. The van der Waals surface area contributed by atoms with Crippen molar-refractivity contribution in [2.24, 2.45) is 17.4 Å². The van der Waals surface area contributed by atoms with E-state index in [4.69, 9.17) is 11.5 Å². The highest BCUT2D eigenvalue weighted by molar-refractivity contribution is 5.92. The third kappa shape index (κ3) is 5.22. The van der Waals surface area contributed by atoms with Gasteiger partial charge in [0.1, 0.15) is 18.1 Å². The minimum atomic E-state index is -1.20. The van der Waals surface area contributed by atoms with Crippen molar-refractivity contribution >= 4 is 23.6 Å². The lowest BCUT2D eigenvalue weighted by Crippen LogP contribution is -2.55. The van der Waals surface area contributed by atoms with Gasteiger partial charge >= 0.3 is 0 Å². The number of amides is 4. The molecule has 2 fully saturated rings. The summed E-state index contributed by atoms with van der Waals surface area (Å²) in [5, 5.41) is 21.6. The van der Waals surface area contributed by atoms with Gasteiger partial charge in [-0.25, -0.2) is 0 Å². The monoisotopic (exact) mass is 413 g/mol. The highest BCUT2D eigenvalue weighted by Crippen LogP contribution is 2.24. The number of likely N-dealkylation sites (tertiary alicyclic amines) is 2. The highest BCUT2D eigenvalue weighted by atomic mass is 16.3. The Kier molecular flexibility index (Phi) is 7.55. The molecule has 2 saturated heterocycles. The van der Waals surface area contributed by atoms with Crippen molar-refractivity contribution in [1.82, 2.24) is 15.1 Å². The summed E-state index contributed by atoms with van der Waals surface area (Å²) in [6.07, 6.45) is -0.605. The molecular formula is C18H31N5O6. The molecule has 0 saturated carbocycles. The van der Waals surface area contributed by atoms with E-state index in [9.17, 15) is 29.4 Å². The van der Waals surface area contributed by atoms with Crippen molar-refractivity contribution in [3.63, 3.8) is 0 Å². The Morgan fingerprint density at radius 2 is 1.72 bits per heavy atom. The van der Waals surface area contributed by atoms with Crippen LogP contribution in [0, 0.1) is 5.92 Å². The second kappa shape index (κ2) is 9.51. The molecule has 0 bridgehead atoms. The fourth-order valence-electron chi connectivity index (χ4n) is 3.77. The normalized spacial score (nSPS) is 26.0. The third-order valence-corrected chi connectivity index (χ3v) is 5.58. The molecule has 4 amide bonds. The van der Waals surface area contributed by atoms with E-state index in [0.29, 0.717) is 32.4 Å². The Morgan fingerprint density at radius 3 is 2.28 bits per heavy atom. The summed E-state index contributed by atoms with van der Waals surface area (Å²) in [6, 6.07) is -2.95. The van der Waals surface area contributed by atoms with Crippen molar-refractivity contribution in [3.05, 3.63) is 0 Å². The molecule has 0 aromatic heterocycles. The van der Waals surface area contributed by atoms with Crippen molar-refractivity contribution < 1.29 is 29.4 Å². The van der Waals surface area contributed by atoms with E-state index in [-0.39, 0.29) is 12.5 Å². The molecule has 0 radical (unpaired) electrons. The number of hydrogen-bond acceptors (Lipinski definition) is 7. The van der Waals surface area contributed by atoms with Gasteiger partial charge in [-0.2, -0.15) is 0 Å². The molecule has 11 nitrogen and oxygen atoms in total. The van der Waals surface area contributed by atoms with Crippen molar-refractivity contribution in [3.8, 4) is 0 Å². The van der Waals surface area contributed by atoms with E-state index >= 15 is 0 Å². The smallest absolute Gasteiger partial charge is 0.245 e. The van der Waals surface area contributed by atoms with Gasteiger partial charge in [-0.3, -0.25) is 19.2 Å². The molecule has 11 heteroatoms. The molecule has 2 rings (SSSR count). The van der Waals surface area contributed by atoms with Gasteiger partial charge in [0, 0.05) is 19.6 Å². The van der Waals surface area contributed by atoms with Gasteiger partial charge in [-0.15, -0.1) is 0 Å². The maximum absolute atomic E-state index is 12.9. The van der Waals surface area contributed by atoms with Gasteiger partial charge < -0.3 is 36.8 Å². The maximum Gasteiger partial charge on any atom is 0.245 e. The van der Waals surface area contributed by atoms with E-state index in [2.05, 4.69) is 5.32 Å². The quantitative estimate of drug-likeness (QED) is 0.293. The summed E-state index contributed by atoms with van der Waals surface area (Å²) in [7, 11) is 0. The van der Waals surface area contributed by atoms with Crippen LogP contribution in [0.15, 0.2) is 0 Å². The molecule has 0 aromatic rings. The highest BCUT2D eigenvalue weighted by Gasteiger charge is 2.42. The van der Waals surface area contributed by atoms with Crippen molar-refractivity contribution in [2.45, 2.75) is 63.4 Å². The van der Waals surface area contributed by atoms with Crippen LogP contribution in [0.2, 0.25) is 0 Å². The lowest BCUT2D eigenvalue weighted by atomic mass is 10.1. The number of rotatable bonds is 7. The molecule has 2 aliphatic rings. The fourth-order valence-corrected chi connectivity index (χ4v) is 3.77. The lowest BCUT2D eigenvalue weighted by Gasteiger charge is -2.30. The number of nitrogens with zero attached hydrogens (tertiary/aromatic N) is 2. The first kappa shape index (κ1) is 23.0. The summed E-state index contributed by atoms with van der Waals surface area (Å²) in [4.78, 5) is 52.1. The number of carbonyl (C=O) groups is 4. The molecule has 1 unspecified atom stereocenters. The molecule has 7 N–H and O–H groups in total. The predicted octanol–water partition coefficient (Wildman–Crippen LogP) is -3.12. The predicted molar refractivity (Wildman–Crippen MR) is 102 cm³/mol. The van der Waals surface area contributed by atoms with E-state index in [1.54, 1.807) is 0 Å². The first-order valence-corrected chi connectivity index (χ1v) is 9.85. The Hall–Kier alpha value is -2.24. The van der Waals surface area contributed by atoms with Crippen LogP contribution in [0.1, 0.15) is 33.1 Å². The maximum atomic E-state index is 12.9. The Labute approximate surface area is 169 Å². The van der Waals surface area contributed by atoms with Gasteiger partial charge in [-0.05, 0) is 33.1 Å². The Bertz CT molecular complexity index is 655. The number of nitrogens with one attached hydrogen (secondary N) is 1.